The van der Waals surface area contributed by atoms with Crippen LogP contribution < -0.4 is 16.2 Å². The molecular weight excluding hydrogens is 334 g/mol. The van der Waals surface area contributed by atoms with E-state index in [1.165, 1.54) is 6.07 Å². The number of aromatic amines is 1. The fraction of sp³-hybridized carbons (Fsp3) is 0.368. The number of aromatic carboxylic acids is 1. The van der Waals surface area contributed by atoms with Crippen LogP contribution in [0, 0.1) is 0 Å². The molecule has 1 fully saturated rings. The van der Waals surface area contributed by atoms with Gasteiger partial charge < -0.3 is 25.5 Å². The van der Waals surface area contributed by atoms with Crippen molar-refractivity contribution in [1.82, 2.24) is 4.98 Å². The number of nitrogens with two attached hydrogens (primary N) is 1. The lowest BCUT2D eigenvalue weighted by Gasteiger charge is -2.19. The summed E-state index contributed by atoms with van der Waals surface area (Å²) in [6.07, 6.45) is 0.631. The van der Waals surface area contributed by atoms with E-state index in [0.717, 1.165) is 29.9 Å². The lowest BCUT2D eigenvalue weighted by Crippen LogP contribution is -2.34. The smallest absolute Gasteiger partial charge is 0.341 e. The van der Waals surface area contributed by atoms with Gasteiger partial charge in [-0.25, -0.2) is 4.79 Å². The molecule has 4 N–H and O–H groups in total. The lowest BCUT2D eigenvalue weighted by atomic mass is 10.0. The highest BCUT2D eigenvalue weighted by molar-refractivity contribution is 5.88. The van der Waals surface area contributed by atoms with Crippen molar-refractivity contribution < 1.29 is 14.6 Å². The predicted molar refractivity (Wildman–Crippen MR) is 99.8 cm³/mol. The zero-order valence-corrected chi connectivity index (χ0v) is 14.9. The van der Waals surface area contributed by atoms with Gasteiger partial charge in [-0.15, -0.1) is 0 Å². The predicted octanol–water partition coefficient (Wildman–Crippen LogP) is 1.46. The first-order valence-corrected chi connectivity index (χ1v) is 8.57. The summed E-state index contributed by atoms with van der Waals surface area (Å²) in [6.45, 7) is 3.39. The van der Waals surface area contributed by atoms with Crippen molar-refractivity contribution in [3.05, 3.63) is 51.8 Å². The van der Waals surface area contributed by atoms with E-state index in [9.17, 15) is 9.59 Å². The second-order valence-electron chi connectivity index (χ2n) is 6.46. The van der Waals surface area contributed by atoms with Gasteiger partial charge in [-0.2, -0.15) is 0 Å². The molecule has 2 atom stereocenters. The minimum Gasteiger partial charge on any atom is -0.477 e. The van der Waals surface area contributed by atoms with Crippen LogP contribution in [0.1, 0.15) is 22.8 Å². The van der Waals surface area contributed by atoms with Crippen LogP contribution >= 0.6 is 0 Å². The van der Waals surface area contributed by atoms with Crippen LogP contribution in [-0.2, 0) is 11.2 Å². The Morgan fingerprint density at radius 2 is 2.04 bits per heavy atom. The lowest BCUT2D eigenvalue weighted by molar-refractivity contribution is 0.0695. The molecule has 7 heteroatoms. The second kappa shape index (κ2) is 7.31. The van der Waals surface area contributed by atoms with Crippen LogP contribution in [0.3, 0.4) is 0 Å². The molecule has 2 heterocycles. The van der Waals surface area contributed by atoms with Crippen molar-refractivity contribution in [2.24, 2.45) is 5.73 Å². The number of carboxylic acid groups (broad SMARTS) is 1. The van der Waals surface area contributed by atoms with Gasteiger partial charge >= 0.3 is 5.97 Å². The number of H-pyrrole nitrogens is 1. The number of pyridine rings is 1. The van der Waals surface area contributed by atoms with Crippen LogP contribution in [0.4, 0.5) is 5.69 Å². The summed E-state index contributed by atoms with van der Waals surface area (Å²) in [5.74, 6) is -1.22. The van der Waals surface area contributed by atoms with Gasteiger partial charge in [-0.3, -0.25) is 4.79 Å². The van der Waals surface area contributed by atoms with Crippen LogP contribution in [0.5, 0.6) is 0 Å². The fourth-order valence-electron chi connectivity index (χ4n) is 3.37. The molecule has 26 heavy (non-hydrogen) atoms. The first-order valence-electron chi connectivity index (χ1n) is 8.57. The third-order valence-corrected chi connectivity index (χ3v) is 4.87. The zero-order chi connectivity index (χ0) is 18.8. The van der Waals surface area contributed by atoms with Crippen molar-refractivity contribution in [3.8, 4) is 11.3 Å². The molecule has 138 valence electrons. The molecular formula is C19H23N3O4. The van der Waals surface area contributed by atoms with Gasteiger partial charge in [0.1, 0.15) is 5.56 Å². The Labute approximate surface area is 151 Å². The molecule has 0 amide bonds. The first kappa shape index (κ1) is 18.2. The van der Waals surface area contributed by atoms with Crippen molar-refractivity contribution in [2.75, 3.05) is 25.1 Å². The van der Waals surface area contributed by atoms with Crippen LogP contribution in [0.25, 0.3) is 11.3 Å². The summed E-state index contributed by atoms with van der Waals surface area (Å²) >= 11 is 0. The highest BCUT2D eigenvalue weighted by Crippen LogP contribution is 2.27. The van der Waals surface area contributed by atoms with E-state index in [1.54, 1.807) is 7.11 Å². The third-order valence-electron chi connectivity index (χ3n) is 4.87. The average Bonchev–Trinajstić information content (AvgIpc) is 3.02. The topological polar surface area (TPSA) is 109 Å². The van der Waals surface area contributed by atoms with E-state index in [-0.39, 0.29) is 17.7 Å². The number of nitrogens with zero attached hydrogens (tertiary/aromatic N) is 1. The average molecular weight is 357 g/mol. The second-order valence-corrected chi connectivity index (χ2v) is 6.46. The maximum Gasteiger partial charge on any atom is 0.341 e. The maximum atomic E-state index is 12.0. The third kappa shape index (κ3) is 3.36. The van der Waals surface area contributed by atoms with Crippen molar-refractivity contribution in [1.29, 1.82) is 0 Å². The molecule has 0 saturated carbocycles. The monoisotopic (exact) mass is 357 g/mol. The zero-order valence-electron chi connectivity index (χ0n) is 14.9. The number of hydrogen-bond acceptors (Lipinski definition) is 5. The summed E-state index contributed by atoms with van der Waals surface area (Å²) in [7, 11) is 1.67. The number of hydrogen-bond donors (Lipinski definition) is 3. The van der Waals surface area contributed by atoms with E-state index in [2.05, 4.69) is 9.88 Å². The first-order chi connectivity index (χ1) is 12.4. The van der Waals surface area contributed by atoms with Crippen LogP contribution in [0.2, 0.25) is 0 Å². The van der Waals surface area contributed by atoms with Gasteiger partial charge in [0, 0.05) is 25.9 Å². The number of aromatic nitrogens is 1. The largest absolute Gasteiger partial charge is 0.477 e. The van der Waals surface area contributed by atoms with E-state index >= 15 is 0 Å². The minimum atomic E-state index is -1.22. The molecule has 1 saturated heterocycles. The molecule has 7 nitrogen and oxygen atoms in total. The molecule has 0 aliphatic carbocycles. The number of nitrogens with one attached hydrogen (secondary N) is 1. The number of carboxylic acids is 1. The number of benzene rings is 1. The Hall–Kier alpha value is -2.64. The molecule has 0 spiro atoms. The highest BCUT2D eigenvalue weighted by Gasteiger charge is 2.30. The number of rotatable bonds is 5. The number of aryl methyl sites for hydroxylation is 1. The molecule has 1 aromatic carbocycles. The molecule has 2 aromatic rings. The van der Waals surface area contributed by atoms with Gasteiger partial charge in [-0.1, -0.05) is 19.1 Å². The summed E-state index contributed by atoms with van der Waals surface area (Å²) in [6, 6.07) is 9.22. The van der Waals surface area contributed by atoms with Crippen molar-refractivity contribution >= 4 is 11.7 Å². The molecule has 3 rings (SSSR count). The normalized spacial score (nSPS) is 19.7. The van der Waals surface area contributed by atoms with Crippen molar-refractivity contribution in [2.45, 2.75) is 25.5 Å². The molecule has 1 aliphatic heterocycles. The SMILES string of the molecule is CCc1cc(C(=O)O)c(=O)[nH]c1-c1ccc(N2CC(N)C(OC)C2)cc1. The Morgan fingerprint density at radius 1 is 1.35 bits per heavy atom. The Kier molecular flexibility index (Phi) is 5.11. The quantitative estimate of drug-likeness (QED) is 0.748. The van der Waals surface area contributed by atoms with E-state index in [0.29, 0.717) is 12.1 Å². The number of carbonyl (C=O) groups is 1. The standard InChI is InChI=1S/C19H23N3O4/c1-3-11-8-14(19(24)25)18(23)21-17(11)12-4-6-13(7-5-12)22-9-15(20)16(10-22)26-2/h4-8,15-16H,3,9-10,20H2,1-2H3,(H,21,23)(H,24,25). The summed E-state index contributed by atoms with van der Waals surface area (Å²) in [5, 5.41) is 9.12. The Balaban J connectivity index is 1.91. The van der Waals surface area contributed by atoms with E-state index in [4.69, 9.17) is 15.6 Å². The van der Waals surface area contributed by atoms with Gasteiger partial charge in [0.05, 0.1) is 17.8 Å². The van der Waals surface area contributed by atoms with E-state index in [1.807, 2.05) is 31.2 Å². The Morgan fingerprint density at radius 3 is 2.58 bits per heavy atom. The Bertz CT molecular complexity index is 860. The molecule has 1 aliphatic rings. The van der Waals surface area contributed by atoms with Gasteiger partial charge in [-0.05, 0) is 35.7 Å². The van der Waals surface area contributed by atoms with Gasteiger partial charge in [0.2, 0.25) is 0 Å². The highest BCUT2D eigenvalue weighted by atomic mass is 16.5. The van der Waals surface area contributed by atoms with Crippen molar-refractivity contribution in [3.63, 3.8) is 0 Å². The minimum absolute atomic E-state index is 0.0151. The summed E-state index contributed by atoms with van der Waals surface area (Å²) < 4.78 is 5.39. The van der Waals surface area contributed by atoms with Gasteiger partial charge in [0.25, 0.3) is 5.56 Å². The summed E-state index contributed by atoms with van der Waals surface area (Å²) in [4.78, 5) is 28.1. The number of anilines is 1. The van der Waals surface area contributed by atoms with E-state index < -0.39 is 11.5 Å². The number of ether oxygens (including phenoxy) is 1. The molecule has 0 bridgehead atoms. The molecule has 2 unspecified atom stereocenters. The fourth-order valence-corrected chi connectivity index (χ4v) is 3.37. The van der Waals surface area contributed by atoms with Gasteiger partial charge in [0.15, 0.2) is 0 Å². The van der Waals surface area contributed by atoms with Crippen LogP contribution in [0.15, 0.2) is 35.1 Å². The van der Waals surface area contributed by atoms with Crippen LogP contribution in [-0.4, -0.2) is 48.4 Å². The summed E-state index contributed by atoms with van der Waals surface area (Å²) in [5.41, 5.74) is 8.56. The maximum absolute atomic E-state index is 12.0. The molecule has 0 radical (unpaired) electrons. The number of methoxy groups -OCH3 is 1. The molecule has 1 aromatic heterocycles.